The first-order valence-electron chi connectivity index (χ1n) is 44.3. The molecule has 0 amide bonds. The maximum absolute atomic E-state index is 6.72. The van der Waals surface area contributed by atoms with Crippen molar-refractivity contribution in [1.82, 2.24) is 48.6 Å². The molecule has 0 aliphatic rings. The number of fused-ring (bicyclic) bond motifs is 30. The molecule has 0 bridgehead atoms. The third-order valence-electron chi connectivity index (χ3n) is 25.6. The number of nitrogens with zero attached hydrogens (tertiary/aromatic N) is 10. The van der Waals surface area contributed by atoms with E-state index in [1.54, 1.807) is 0 Å². The fraction of sp³-hybridized carbons (Fsp3) is 0. The molecule has 0 saturated heterocycles. The minimum Gasteiger partial charge on any atom is -0.454 e. The van der Waals surface area contributed by atoms with E-state index in [2.05, 4.69) is 329 Å². The highest BCUT2D eigenvalue weighted by Crippen LogP contribution is 2.52. The molecular weight excluding hydrogens is 1650 g/mol. The maximum Gasteiger partial charge on any atom is 0.235 e. The lowest BCUT2D eigenvalue weighted by atomic mass is 9.99. The molecule has 0 saturated carbocycles. The van der Waals surface area contributed by atoms with Crippen LogP contribution < -0.4 is 0 Å². The molecule has 9 aromatic heterocycles. The number of para-hydroxylation sites is 4. The molecule has 28 aromatic rings. The van der Waals surface area contributed by atoms with Crippen molar-refractivity contribution in [2.75, 3.05) is 0 Å². The highest BCUT2D eigenvalue weighted by atomic mass is 32.1. The van der Waals surface area contributed by atoms with E-state index in [1.165, 1.54) is 105 Å². The molecule has 0 N–H and O–H groups in total. The van der Waals surface area contributed by atoms with Gasteiger partial charge in [-0.3, -0.25) is 9.13 Å². The lowest BCUT2D eigenvalue weighted by molar-refractivity contribution is 0.671. The summed E-state index contributed by atoms with van der Waals surface area (Å²) >= 11 is 3.74. The Labute approximate surface area is 763 Å². The fourth-order valence-corrected chi connectivity index (χ4v) is 22.4. The second kappa shape index (κ2) is 31.4. The van der Waals surface area contributed by atoms with Gasteiger partial charge < -0.3 is 8.98 Å². The minimum atomic E-state index is 0.610. The van der Waals surface area contributed by atoms with Crippen LogP contribution in [0, 0.1) is 0 Å². The Bertz CT molecular complexity index is 8940. The van der Waals surface area contributed by atoms with E-state index in [1.807, 2.05) is 144 Å². The number of hydrogen-bond acceptors (Lipinski definition) is 10. The predicted molar refractivity (Wildman–Crippen MR) is 551 cm³/mol. The Morgan fingerprint density at radius 1 is 0.197 bits per heavy atom. The number of benzene rings is 19. The zero-order chi connectivity index (χ0) is 86.9. The van der Waals surface area contributed by atoms with Crippen molar-refractivity contribution >= 4 is 183 Å². The number of rotatable bonds is 10. The summed E-state index contributed by atoms with van der Waals surface area (Å²) in [5, 5.41) is 22.2. The van der Waals surface area contributed by atoms with Crippen LogP contribution in [0.3, 0.4) is 0 Å². The first-order chi connectivity index (χ1) is 65.5. The van der Waals surface area contributed by atoms with Crippen molar-refractivity contribution in [3.8, 4) is 96.8 Å². The highest BCUT2D eigenvalue weighted by Gasteiger charge is 2.29. The van der Waals surface area contributed by atoms with E-state index in [4.69, 9.17) is 39.3 Å². The number of hydrogen-bond donors (Lipinski definition) is 0. The number of thiophene rings is 2. The molecule has 0 fully saturated rings. The monoisotopic (exact) mass is 1720 g/mol. The Morgan fingerprint density at radius 2 is 0.470 bits per heavy atom. The molecule has 13 heteroatoms. The molecule has 11 nitrogen and oxygen atoms in total. The molecule has 0 radical (unpaired) electrons. The van der Waals surface area contributed by atoms with Gasteiger partial charge in [0.15, 0.2) is 23.1 Å². The Morgan fingerprint density at radius 3 is 0.856 bits per heavy atom. The zero-order valence-corrected chi connectivity index (χ0v) is 72.4. The van der Waals surface area contributed by atoms with E-state index >= 15 is 0 Å². The van der Waals surface area contributed by atoms with Gasteiger partial charge in [0.05, 0.1) is 59.8 Å². The van der Waals surface area contributed by atoms with Crippen molar-refractivity contribution in [3.63, 3.8) is 0 Å². The van der Waals surface area contributed by atoms with E-state index < -0.39 is 0 Å². The van der Waals surface area contributed by atoms with Crippen LogP contribution >= 0.6 is 22.7 Å². The van der Waals surface area contributed by atoms with Crippen LogP contribution in [-0.2, 0) is 0 Å². The van der Waals surface area contributed by atoms with Gasteiger partial charge >= 0.3 is 0 Å². The first kappa shape index (κ1) is 76.0. The van der Waals surface area contributed by atoms with Crippen LogP contribution in [-0.4, -0.2) is 48.6 Å². The lowest BCUT2D eigenvalue weighted by Gasteiger charge is -2.12. The molecule has 132 heavy (non-hydrogen) atoms. The minimum absolute atomic E-state index is 0.610. The zero-order valence-electron chi connectivity index (χ0n) is 70.8. The molecule has 0 aliphatic carbocycles. The van der Waals surface area contributed by atoms with Crippen LogP contribution in [0.25, 0.3) is 257 Å². The van der Waals surface area contributed by atoms with Crippen molar-refractivity contribution in [1.29, 1.82) is 0 Å². The summed E-state index contributed by atoms with van der Waals surface area (Å²) in [6, 6.07) is 153. The molecule has 9 heterocycles. The van der Waals surface area contributed by atoms with Gasteiger partial charge in [0.1, 0.15) is 11.1 Å². The molecule has 0 aliphatic heterocycles. The van der Waals surface area contributed by atoms with Crippen LogP contribution in [0.1, 0.15) is 0 Å². The van der Waals surface area contributed by atoms with Crippen molar-refractivity contribution in [2.24, 2.45) is 0 Å². The lowest BCUT2D eigenvalue weighted by Crippen LogP contribution is -2.04. The van der Waals surface area contributed by atoms with Crippen molar-refractivity contribution in [3.05, 3.63) is 437 Å². The number of aromatic nitrogens is 10. The molecule has 616 valence electrons. The summed E-state index contributed by atoms with van der Waals surface area (Å²) in [6.45, 7) is 0. The molecule has 19 aromatic carbocycles. The highest BCUT2D eigenvalue weighted by molar-refractivity contribution is 7.27. The van der Waals surface area contributed by atoms with Crippen LogP contribution in [0.5, 0.6) is 0 Å². The summed E-state index contributed by atoms with van der Waals surface area (Å²) in [4.78, 5) is 35.8. The smallest absolute Gasteiger partial charge is 0.235 e. The Kier molecular flexibility index (Phi) is 18.1. The van der Waals surface area contributed by atoms with Crippen LogP contribution in [0.15, 0.2) is 441 Å². The molecular formula is C119H72N10OS2. The molecule has 0 spiro atoms. The quantitative estimate of drug-likeness (QED) is 0.133. The molecule has 28 rings (SSSR count). The largest absolute Gasteiger partial charge is 0.454 e. The third kappa shape index (κ3) is 12.5. The van der Waals surface area contributed by atoms with Gasteiger partial charge in [0.25, 0.3) is 0 Å². The normalized spacial score (nSPS) is 11.8. The second-order valence-electron chi connectivity index (χ2n) is 33.2. The summed E-state index contributed by atoms with van der Waals surface area (Å²) in [6.07, 6.45) is 0. The van der Waals surface area contributed by atoms with E-state index in [0.29, 0.717) is 29.4 Å². The number of furan rings is 1. The summed E-state index contributed by atoms with van der Waals surface area (Å²) < 4.78 is 18.8. The Hall–Kier alpha value is -17.2. The van der Waals surface area contributed by atoms with E-state index in [9.17, 15) is 0 Å². The van der Waals surface area contributed by atoms with Crippen molar-refractivity contribution in [2.45, 2.75) is 0 Å². The van der Waals surface area contributed by atoms with Crippen LogP contribution in [0.2, 0.25) is 0 Å². The predicted octanol–water partition coefficient (Wildman–Crippen LogP) is 31.9. The van der Waals surface area contributed by atoms with Gasteiger partial charge in [-0.25, -0.2) is 34.9 Å². The summed E-state index contributed by atoms with van der Waals surface area (Å²) in [5.41, 5.74) is 20.1. The maximum atomic E-state index is 6.72. The SMILES string of the molecule is c1ccc(-c2cc(-c3ccccc3)nc(-n3c4ccccc4c4c5ccccc5c5c6ccccc6oc5c43)n2)cc1.c1ccc(-c2cc(-c3ccccc3)nc(-n3c4ccccc4c4c5ccccc5c5c6ccccc6sc5c43)n2)cc1.c1ccc(-c2nc(-c3ccccc3)nc(-c3ccc(-n4c5ccccc5c5c6ccccc6c6c7ccccc7sc6c54)cc3)n2)cc1. The summed E-state index contributed by atoms with van der Waals surface area (Å²) in [7, 11) is 0. The van der Waals surface area contributed by atoms with E-state index in [-0.39, 0.29) is 0 Å². The average Bonchev–Trinajstić information content (AvgIpc) is 1.54. The molecule has 0 atom stereocenters. The van der Waals surface area contributed by atoms with Gasteiger partial charge in [-0.15, -0.1) is 22.7 Å². The van der Waals surface area contributed by atoms with Gasteiger partial charge in [0, 0.05) is 119 Å². The van der Waals surface area contributed by atoms with Crippen molar-refractivity contribution < 1.29 is 4.42 Å². The van der Waals surface area contributed by atoms with E-state index in [0.717, 1.165) is 122 Å². The van der Waals surface area contributed by atoms with Gasteiger partial charge in [-0.1, -0.05) is 364 Å². The average molecular weight is 1720 g/mol. The first-order valence-corrected chi connectivity index (χ1v) is 45.9. The van der Waals surface area contributed by atoms with Gasteiger partial charge in [0.2, 0.25) is 11.9 Å². The third-order valence-corrected chi connectivity index (χ3v) is 28.0. The van der Waals surface area contributed by atoms with Crippen LogP contribution in [0.4, 0.5) is 0 Å². The Balaban J connectivity index is 0.000000104. The van der Waals surface area contributed by atoms with Gasteiger partial charge in [-0.2, -0.15) is 0 Å². The fourth-order valence-electron chi connectivity index (χ4n) is 19.9. The standard InChI is InChI=1S/C43H26N4S.C38H23N3O.C38H23N3S/c1-3-13-27(14-4-1)41-44-42(28-15-5-2-6-16-28)46-43(45-41)29-23-25-30(26-24-29)47-35-21-11-9-19-33(35)37-31-17-7-8-18-32(31)38-34-20-10-12-22-36(34)48-40(38)39(37)47;2*1-3-13-24(14-4-1)30-23-31(25-15-5-2-6-16-25)40-38(39-30)41-32-21-11-9-19-28(32)34-26-17-7-8-18-27(26)35-29-20-10-12-22-33(29)42-37(35)36(34)41/h1-26H;2*1-23H. The topological polar surface area (TPSA) is 118 Å². The van der Waals surface area contributed by atoms with Gasteiger partial charge in [-0.05, 0) is 105 Å². The summed E-state index contributed by atoms with van der Waals surface area (Å²) in [5.74, 6) is 3.25. The molecule has 0 unspecified atom stereocenters. The second-order valence-corrected chi connectivity index (χ2v) is 35.3.